The van der Waals surface area contributed by atoms with Crippen LogP contribution in [0, 0.1) is 3.57 Å². The number of ether oxygens (including phenoxy) is 1. The van der Waals surface area contributed by atoms with Gasteiger partial charge in [-0.2, -0.15) is 0 Å². The number of carboxylic acids is 1. The summed E-state index contributed by atoms with van der Waals surface area (Å²) < 4.78 is 6.58. The maximum absolute atomic E-state index is 10.8. The van der Waals surface area contributed by atoms with Gasteiger partial charge in [-0.15, -0.1) is 0 Å². The molecule has 0 saturated heterocycles. The molecule has 23 heavy (non-hydrogen) atoms. The van der Waals surface area contributed by atoms with E-state index in [0.29, 0.717) is 22.1 Å². The van der Waals surface area contributed by atoms with Gasteiger partial charge in [0.25, 0.3) is 0 Å². The maximum atomic E-state index is 10.8. The minimum absolute atomic E-state index is 0.0906. The van der Waals surface area contributed by atoms with Crippen molar-refractivity contribution in [2.75, 3.05) is 0 Å². The summed E-state index contributed by atoms with van der Waals surface area (Å²) in [6.45, 7) is 3.96. The molecule has 0 aliphatic carbocycles. The Morgan fingerprint density at radius 1 is 1.30 bits per heavy atom. The Bertz CT molecular complexity index is 720. The van der Waals surface area contributed by atoms with Crippen LogP contribution in [0.5, 0.6) is 17.2 Å². The van der Waals surface area contributed by atoms with Crippen LogP contribution < -0.4 is 4.74 Å². The summed E-state index contributed by atoms with van der Waals surface area (Å²) in [7, 11) is 0. The second-order valence-corrected chi connectivity index (χ2v) is 7.01. The van der Waals surface area contributed by atoms with Crippen molar-refractivity contribution in [3.05, 3.63) is 50.1 Å². The second kappa shape index (κ2) is 7.40. The van der Waals surface area contributed by atoms with Gasteiger partial charge in [-0.3, -0.25) is 4.79 Å². The lowest BCUT2D eigenvalue weighted by atomic mass is 10.0. The number of hydrogen-bond donors (Lipinski definition) is 2. The Kier molecular flexibility index (Phi) is 5.75. The van der Waals surface area contributed by atoms with Gasteiger partial charge in [-0.05, 0) is 64.4 Å². The lowest BCUT2D eigenvalue weighted by Crippen LogP contribution is -2.01. The van der Waals surface area contributed by atoms with Crippen molar-refractivity contribution in [3.63, 3.8) is 0 Å². The maximum Gasteiger partial charge on any atom is 0.307 e. The van der Waals surface area contributed by atoms with Gasteiger partial charge in [-0.25, -0.2) is 0 Å². The van der Waals surface area contributed by atoms with E-state index in [1.54, 1.807) is 30.3 Å². The first kappa shape index (κ1) is 17.9. The van der Waals surface area contributed by atoms with Crippen molar-refractivity contribution in [2.45, 2.75) is 26.2 Å². The minimum atomic E-state index is -0.911. The number of phenolic OH excluding ortho intramolecular Hbond substituents is 1. The van der Waals surface area contributed by atoms with Gasteiger partial charge in [0.05, 0.1) is 15.0 Å². The Balaban J connectivity index is 2.33. The predicted molar refractivity (Wildman–Crippen MR) is 97.8 cm³/mol. The average Bonchev–Trinajstić information content (AvgIpc) is 2.43. The Labute approximate surface area is 153 Å². The van der Waals surface area contributed by atoms with E-state index in [1.807, 2.05) is 13.8 Å². The summed E-state index contributed by atoms with van der Waals surface area (Å²) in [4.78, 5) is 10.8. The van der Waals surface area contributed by atoms with E-state index in [0.717, 1.165) is 9.13 Å². The van der Waals surface area contributed by atoms with Crippen LogP contribution >= 0.6 is 34.2 Å². The zero-order valence-corrected chi connectivity index (χ0v) is 15.6. The fourth-order valence-electron chi connectivity index (χ4n) is 2.16. The first-order valence-corrected chi connectivity index (χ1v) is 8.44. The van der Waals surface area contributed by atoms with Crippen LogP contribution in [-0.2, 0) is 11.2 Å². The molecule has 6 heteroatoms. The van der Waals surface area contributed by atoms with E-state index >= 15 is 0 Å². The van der Waals surface area contributed by atoms with Crippen molar-refractivity contribution in [3.8, 4) is 17.2 Å². The average molecular weight is 447 g/mol. The number of aromatic hydroxyl groups is 1. The van der Waals surface area contributed by atoms with Gasteiger partial charge in [0.15, 0.2) is 5.75 Å². The Morgan fingerprint density at radius 2 is 2.00 bits per heavy atom. The molecule has 0 unspecified atom stereocenters. The third-order valence-electron chi connectivity index (χ3n) is 3.25. The van der Waals surface area contributed by atoms with Crippen LogP contribution in [0.1, 0.15) is 30.9 Å². The number of halogens is 2. The number of carbonyl (C=O) groups is 1. The molecule has 0 aliphatic heterocycles. The standard InChI is InChI=1S/C17H16ClIO4/c1-9(2)12-8-11(3-4-15(12)20)23-17-13(18)5-10(6-14(17)19)7-16(21)22/h3-6,8-9,20H,7H2,1-2H3,(H,21,22). The highest BCUT2D eigenvalue weighted by atomic mass is 127. The molecule has 2 aromatic rings. The summed E-state index contributed by atoms with van der Waals surface area (Å²) in [5.74, 6) is 0.515. The normalized spacial score (nSPS) is 10.8. The van der Waals surface area contributed by atoms with Crippen molar-refractivity contribution in [1.82, 2.24) is 0 Å². The fraction of sp³-hybridized carbons (Fsp3) is 0.235. The van der Waals surface area contributed by atoms with Crippen LogP contribution in [0.3, 0.4) is 0 Å². The van der Waals surface area contributed by atoms with Crippen molar-refractivity contribution in [1.29, 1.82) is 0 Å². The third kappa shape index (κ3) is 4.51. The van der Waals surface area contributed by atoms with Gasteiger partial charge < -0.3 is 14.9 Å². The summed E-state index contributed by atoms with van der Waals surface area (Å²) in [5.41, 5.74) is 1.41. The summed E-state index contributed by atoms with van der Waals surface area (Å²) >= 11 is 8.29. The summed E-state index contributed by atoms with van der Waals surface area (Å²) in [6.07, 6.45) is -0.0906. The SMILES string of the molecule is CC(C)c1cc(Oc2c(Cl)cc(CC(=O)O)cc2I)ccc1O. The molecule has 0 atom stereocenters. The van der Waals surface area contributed by atoms with Crippen LogP contribution in [0.4, 0.5) is 0 Å². The molecule has 0 amide bonds. The number of hydrogen-bond acceptors (Lipinski definition) is 3. The van der Waals surface area contributed by atoms with E-state index < -0.39 is 5.97 Å². The number of rotatable bonds is 5. The van der Waals surface area contributed by atoms with E-state index in [4.69, 9.17) is 21.4 Å². The highest BCUT2D eigenvalue weighted by molar-refractivity contribution is 14.1. The van der Waals surface area contributed by atoms with E-state index in [1.165, 1.54) is 0 Å². The zero-order valence-electron chi connectivity index (χ0n) is 12.6. The van der Waals surface area contributed by atoms with E-state index in [9.17, 15) is 9.90 Å². The van der Waals surface area contributed by atoms with Gasteiger partial charge in [0, 0.05) is 5.56 Å². The Morgan fingerprint density at radius 3 is 2.57 bits per heavy atom. The quantitative estimate of drug-likeness (QED) is 0.620. The first-order chi connectivity index (χ1) is 10.8. The number of carboxylic acid groups (broad SMARTS) is 1. The molecule has 0 heterocycles. The highest BCUT2D eigenvalue weighted by Crippen LogP contribution is 2.37. The molecule has 0 aromatic heterocycles. The molecule has 2 N–H and O–H groups in total. The van der Waals surface area contributed by atoms with Crippen molar-refractivity contribution < 1.29 is 19.7 Å². The van der Waals surface area contributed by atoms with E-state index in [2.05, 4.69) is 22.6 Å². The Hall–Kier alpha value is -1.47. The largest absolute Gasteiger partial charge is 0.508 e. The van der Waals surface area contributed by atoms with E-state index in [-0.39, 0.29) is 18.1 Å². The van der Waals surface area contributed by atoms with Crippen LogP contribution in [0.15, 0.2) is 30.3 Å². The van der Waals surface area contributed by atoms with Gasteiger partial charge in [-0.1, -0.05) is 25.4 Å². The van der Waals surface area contributed by atoms with Crippen molar-refractivity contribution in [2.24, 2.45) is 0 Å². The first-order valence-electron chi connectivity index (χ1n) is 6.98. The number of benzene rings is 2. The predicted octanol–water partition coefficient (Wildman–Crippen LogP) is 5.19. The smallest absolute Gasteiger partial charge is 0.307 e. The van der Waals surface area contributed by atoms with Crippen LogP contribution in [0.2, 0.25) is 5.02 Å². The van der Waals surface area contributed by atoms with Crippen LogP contribution in [0.25, 0.3) is 0 Å². The molecule has 0 spiro atoms. The lowest BCUT2D eigenvalue weighted by Gasteiger charge is -2.14. The molecule has 0 radical (unpaired) electrons. The highest BCUT2D eigenvalue weighted by Gasteiger charge is 2.14. The van der Waals surface area contributed by atoms with Gasteiger partial charge in [0.2, 0.25) is 0 Å². The molecule has 4 nitrogen and oxygen atoms in total. The fourth-order valence-corrected chi connectivity index (χ4v) is 3.40. The summed E-state index contributed by atoms with van der Waals surface area (Å²) in [6, 6.07) is 8.36. The molecule has 0 aliphatic rings. The van der Waals surface area contributed by atoms with Gasteiger partial charge in [0.1, 0.15) is 11.5 Å². The lowest BCUT2D eigenvalue weighted by molar-refractivity contribution is -0.136. The molecule has 2 aromatic carbocycles. The van der Waals surface area contributed by atoms with Gasteiger partial charge >= 0.3 is 5.97 Å². The molecule has 2 rings (SSSR count). The molecular formula is C17H16ClIO4. The molecule has 122 valence electrons. The number of aliphatic carboxylic acids is 1. The number of phenols is 1. The zero-order chi connectivity index (χ0) is 17.1. The molecule has 0 saturated carbocycles. The van der Waals surface area contributed by atoms with Crippen LogP contribution in [-0.4, -0.2) is 16.2 Å². The minimum Gasteiger partial charge on any atom is -0.508 e. The molecule has 0 bridgehead atoms. The topological polar surface area (TPSA) is 66.8 Å². The molecular weight excluding hydrogens is 431 g/mol. The molecule has 0 fully saturated rings. The summed E-state index contributed by atoms with van der Waals surface area (Å²) in [5, 5.41) is 19.1. The third-order valence-corrected chi connectivity index (χ3v) is 4.34. The monoisotopic (exact) mass is 446 g/mol. The van der Waals surface area contributed by atoms with Crippen molar-refractivity contribution >= 4 is 40.2 Å². The second-order valence-electron chi connectivity index (χ2n) is 5.44.